The number of nitrogens with one attached hydrogen (secondary N) is 1. The number of benzene rings is 1. The number of hydrogen-bond acceptors (Lipinski definition) is 6. The van der Waals surface area contributed by atoms with Gasteiger partial charge in [-0.2, -0.15) is 0 Å². The Morgan fingerprint density at radius 1 is 1.19 bits per heavy atom. The van der Waals surface area contributed by atoms with E-state index in [0.29, 0.717) is 12.1 Å². The molecule has 162 valence electrons. The number of hydrogen-bond donors (Lipinski definition) is 1. The number of morpholine rings is 1. The van der Waals surface area contributed by atoms with Crippen molar-refractivity contribution < 1.29 is 9.53 Å². The second-order valence-corrected chi connectivity index (χ2v) is 9.64. The van der Waals surface area contributed by atoms with E-state index in [0.717, 1.165) is 36.2 Å². The molecule has 0 bridgehead atoms. The van der Waals surface area contributed by atoms with Gasteiger partial charge in [0.25, 0.3) is 5.91 Å². The van der Waals surface area contributed by atoms with E-state index in [4.69, 9.17) is 4.74 Å². The minimum Gasteiger partial charge on any atom is -0.379 e. The third-order valence-electron chi connectivity index (χ3n) is 5.52. The summed E-state index contributed by atoms with van der Waals surface area (Å²) in [5, 5.41) is 5.97. The van der Waals surface area contributed by atoms with Gasteiger partial charge in [-0.1, -0.05) is 23.9 Å². The number of carbonyl (C=O) groups is 1. The van der Waals surface area contributed by atoms with Crippen molar-refractivity contribution in [2.24, 2.45) is 0 Å². The maximum Gasteiger partial charge on any atom is 0.254 e. The van der Waals surface area contributed by atoms with E-state index in [1.165, 1.54) is 27.8 Å². The van der Waals surface area contributed by atoms with E-state index < -0.39 is 0 Å². The predicted octanol–water partition coefficient (Wildman–Crippen LogP) is 4.71. The van der Waals surface area contributed by atoms with Gasteiger partial charge in [0, 0.05) is 35.6 Å². The zero-order chi connectivity index (χ0) is 21.6. The molecule has 1 N–H and O–H groups in total. The highest BCUT2D eigenvalue weighted by Gasteiger charge is 2.24. The molecule has 4 rings (SSSR count). The second-order valence-electron chi connectivity index (χ2n) is 7.59. The van der Waals surface area contributed by atoms with Crippen LogP contribution < -0.4 is 5.32 Å². The van der Waals surface area contributed by atoms with Crippen molar-refractivity contribution in [3.63, 3.8) is 0 Å². The molecule has 1 aromatic carbocycles. The van der Waals surface area contributed by atoms with Crippen molar-refractivity contribution in [3.05, 3.63) is 75.6 Å². The highest BCUT2D eigenvalue weighted by atomic mass is 32.2. The molecule has 0 radical (unpaired) electrons. The minimum atomic E-state index is -0.0887. The maximum atomic E-state index is 13.1. The molecular formula is C24H27N3O2S2. The number of thiophene rings is 1. The van der Waals surface area contributed by atoms with Crippen LogP contribution in [0, 0.1) is 13.8 Å². The SMILES string of the molecule is Cc1ccc(Sc2ncccc2C(=O)NC[C@H](c2cccs2)N2CCOCC2)cc1C. The van der Waals surface area contributed by atoms with Gasteiger partial charge in [0.15, 0.2) is 0 Å². The lowest BCUT2D eigenvalue weighted by Crippen LogP contribution is -2.43. The molecule has 5 nitrogen and oxygen atoms in total. The number of rotatable bonds is 7. The van der Waals surface area contributed by atoms with Crippen LogP contribution in [0.2, 0.25) is 0 Å². The molecule has 0 unspecified atom stereocenters. The average Bonchev–Trinajstić information content (AvgIpc) is 3.32. The van der Waals surface area contributed by atoms with Crippen LogP contribution in [0.4, 0.5) is 0 Å². The third-order valence-corrected chi connectivity index (χ3v) is 7.50. The molecule has 1 aliphatic heterocycles. The van der Waals surface area contributed by atoms with E-state index in [1.54, 1.807) is 17.5 Å². The molecule has 3 aromatic rings. The van der Waals surface area contributed by atoms with Crippen LogP contribution in [0.15, 0.2) is 64.0 Å². The van der Waals surface area contributed by atoms with Crippen molar-refractivity contribution in [1.82, 2.24) is 15.2 Å². The van der Waals surface area contributed by atoms with Gasteiger partial charge in [0.05, 0.1) is 24.8 Å². The average molecular weight is 454 g/mol. The summed E-state index contributed by atoms with van der Waals surface area (Å²) >= 11 is 3.26. The maximum absolute atomic E-state index is 13.1. The van der Waals surface area contributed by atoms with Gasteiger partial charge < -0.3 is 10.1 Å². The summed E-state index contributed by atoms with van der Waals surface area (Å²) in [6, 6.07) is 14.3. The molecule has 3 heterocycles. The largest absolute Gasteiger partial charge is 0.379 e. The highest BCUT2D eigenvalue weighted by Crippen LogP contribution is 2.30. The minimum absolute atomic E-state index is 0.0887. The van der Waals surface area contributed by atoms with Crippen molar-refractivity contribution in [3.8, 4) is 0 Å². The van der Waals surface area contributed by atoms with Crippen molar-refractivity contribution in [2.75, 3.05) is 32.8 Å². The van der Waals surface area contributed by atoms with Gasteiger partial charge in [-0.05, 0) is 60.7 Å². The lowest BCUT2D eigenvalue weighted by Gasteiger charge is -2.34. The highest BCUT2D eigenvalue weighted by molar-refractivity contribution is 7.99. The van der Waals surface area contributed by atoms with Gasteiger partial charge in [-0.25, -0.2) is 4.98 Å². The summed E-state index contributed by atoms with van der Waals surface area (Å²) in [5.41, 5.74) is 3.10. The Hall–Kier alpha value is -2.19. The first kappa shape index (κ1) is 22.0. The molecule has 1 saturated heterocycles. The number of carbonyl (C=O) groups excluding carboxylic acids is 1. The van der Waals surface area contributed by atoms with Crippen LogP contribution in [-0.2, 0) is 4.74 Å². The lowest BCUT2D eigenvalue weighted by molar-refractivity contribution is 0.0169. The second kappa shape index (κ2) is 10.4. The fourth-order valence-corrected chi connectivity index (χ4v) is 5.44. The lowest BCUT2D eigenvalue weighted by atomic mass is 10.1. The molecular weight excluding hydrogens is 426 g/mol. The van der Waals surface area contributed by atoms with Crippen LogP contribution in [0.1, 0.15) is 32.4 Å². The fourth-order valence-electron chi connectivity index (χ4n) is 3.60. The Morgan fingerprint density at radius 2 is 2.03 bits per heavy atom. The number of amides is 1. The fraction of sp³-hybridized carbons (Fsp3) is 0.333. The van der Waals surface area contributed by atoms with E-state index in [1.807, 2.05) is 12.1 Å². The predicted molar refractivity (Wildman–Crippen MR) is 126 cm³/mol. The molecule has 7 heteroatoms. The van der Waals surface area contributed by atoms with Crippen molar-refractivity contribution in [1.29, 1.82) is 0 Å². The summed E-state index contributed by atoms with van der Waals surface area (Å²) in [7, 11) is 0. The molecule has 0 aliphatic carbocycles. The van der Waals surface area contributed by atoms with Crippen LogP contribution in [0.25, 0.3) is 0 Å². The van der Waals surface area contributed by atoms with E-state index in [2.05, 4.69) is 64.8 Å². The Morgan fingerprint density at radius 3 is 2.77 bits per heavy atom. The van der Waals surface area contributed by atoms with Gasteiger partial charge in [-0.15, -0.1) is 11.3 Å². The monoisotopic (exact) mass is 453 g/mol. The van der Waals surface area contributed by atoms with Crippen LogP contribution in [0.5, 0.6) is 0 Å². The smallest absolute Gasteiger partial charge is 0.254 e. The first-order valence-electron chi connectivity index (χ1n) is 10.5. The molecule has 1 aliphatic rings. The van der Waals surface area contributed by atoms with E-state index in [9.17, 15) is 4.79 Å². The molecule has 0 spiro atoms. The summed E-state index contributed by atoms with van der Waals surface area (Å²) in [6.07, 6.45) is 1.74. The molecule has 0 saturated carbocycles. The zero-order valence-electron chi connectivity index (χ0n) is 17.8. The quantitative estimate of drug-likeness (QED) is 0.561. The zero-order valence-corrected chi connectivity index (χ0v) is 19.5. The van der Waals surface area contributed by atoms with Gasteiger partial charge in [0.2, 0.25) is 0 Å². The molecule has 1 amide bonds. The van der Waals surface area contributed by atoms with Crippen molar-refractivity contribution in [2.45, 2.75) is 29.8 Å². The third kappa shape index (κ3) is 5.54. The van der Waals surface area contributed by atoms with Crippen LogP contribution in [-0.4, -0.2) is 48.6 Å². The van der Waals surface area contributed by atoms with E-state index >= 15 is 0 Å². The standard InChI is InChI=1S/C24H27N3O2S2/c1-17-7-8-19(15-18(17)2)31-24-20(5-3-9-25-24)23(28)26-16-21(22-6-4-14-30-22)27-10-12-29-13-11-27/h3-9,14-15,21H,10-13,16H2,1-2H3,(H,26,28)/t21-/m1/s1. The normalized spacial score (nSPS) is 15.5. The molecule has 31 heavy (non-hydrogen) atoms. The summed E-state index contributed by atoms with van der Waals surface area (Å²) in [4.78, 5) is 22.4. The van der Waals surface area contributed by atoms with Crippen molar-refractivity contribution >= 4 is 29.0 Å². The first-order chi connectivity index (χ1) is 15.1. The molecule has 1 fully saturated rings. The first-order valence-corrected chi connectivity index (χ1v) is 12.1. The topological polar surface area (TPSA) is 54.5 Å². The number of aryl methyl sites for hydroxylation is 2. The number of nitrogens with zero attached hydrogens (tertiary/aromatic N) is 2. The number of pyridine rings is 1. The summed E-state index contributed by atoms with van der Waals surface area (Å²) in [6.45, 7) is 7.97. The Balaban J connectivity index is 1.48. The van der Waals surface area contributed by atoms with Gasteiger partial charge in [0.1, 0.15) is 5.03 Å². The number of ether oxygens (including phenoxy) is 1. The van der Waals surface area contributed by atoms with E-state index in [-0.39, 0.29) is 11.9 Å². The summed E-state index contributed by atoms with van der Waals surface area (Å²) in [5.74, 6) is -0.0887. The van der Waals surface area contributed by atoms with Crippen LogP contribution in [0.3, 0.4) is 0 Å². The molecule has 1 atom stereocenters. The Bertz CT molecular complexity index is 1020. The number of aromatic nitrogens is 1. The Labute approximate surface area is 191 Å². The Kier molecular flexibility index (Phi) is 7.40. The molecule has 2 aromatic heterocycles. The summed E-state index contributed by atoms with van der Waals surface area (Å²) < 4.78 is 5.51. The van der Waals surface area contributed by atoms with Crippen LogP contribution >= 0.6 is 23.1 Å². The van der Waals surface area contributed by atoms with Gasteiger partial charge >= 0.3 is 0 Å². The van der Waals surface area contributed by atoms with Gasteiger partial charge in [-0.3, -0.25) is 9.69 Å².